The number of thiophene rings is 1. The van der Waals surface area contributed by atoms with Gasteiger partial charge in [-0.1, -0.05) is 74.3 Å². The third-order valence-corrected chi connectivity index (χ3v) is 6.91. The molecule has 0 saturated heterocycles. The molecule has 1 aromatic carbocycles. The van der Waals surface area contributed by atoms with Crippen molar-refractivity contribution < 1.29 is 14.7 Å². The number of nitrogens with one attached hydrogen (secondary N) is 2. The molecular formula is C22H24Cl2N4O3S. The number of amides is 2. The highest BCUT2D eigenvalue weighted by Crippen LogP contribution is 2.47. The molecule has 0 saturated carbocycles. The minimum absolute atomic E-state index is 0.308. The lowest BCUT2D eigenvalue weighted by atomic mass is 9.75. The maximum absolute atomic E-state index is 13.6. The summed E-state index contributed by atoms with van der Waals surface area (Å²) in [5.41, 5.74) is 1.44. The normalized spacial score (nSPS) is 13.4. The van der Waals surface area contributed by atoms with E-state index in [0.717, 1.165) is 17.0 Å². The average molecular weight is 495 g/mol. The number of anilines is 1. The van der Waals surface area contributed by atoms with Gasteiger partial charge in [0.2, 0.25) is 5.91 Å². The van der Waals surface area contributed by atoms with Gasteiger partial charge in [-0.05, 0) is 17.0 Å². The van der Waals surface area contributed by atoms with Gasteiger partial charge < -0.3 is 15.7 Å². The molecular weight excluding hydrogens is 471 g/mol. The molecule has 3 rings (SSSR count). The highest BCUT2D eigenvalue weighted by Gasteiger charge is 2.39. The van der Waals surface area contributed by atoms with Crippen molar-refractivity contribution in [2.24, 2.45) is 12.5 Å². The number of aromatic nitrogens is 2. The second-order valence-electron chi connectivity index (χ2n) is 8.40. The number of nitrogens with zero attached hydrogens (tertiary/aromatic N) is 2. The molecule has 32 heavy (non-hydrogen) atoms. The van der Waals surface area contributed by atoms with Crippen LogP contribution in [0.1, 0.15) is 32.3 Å². The molecule has 0 aliphatic heterocycles. The SMILES string of the molecule is Cn1nccc1-c1c(Cl)sc(NC(=O)C(c2ccccc2)C(NC(=O)O)C(C)(C)C)c1Cl. The zero-order valence-corrected chi connectivity index (χ0v) is 20.3. The van der Waals surface area contributed by atoms with Gasteiger partial charge in [0.15, 0.2) is 0 Å². The average Bonchev–Trinajstić information content (AvgIpc) is 3.23. The van der Waals surface area contributed by atoms with Gasteiger partial charge in [-0.15, -0.1) is 11.3 Å². The summed E-state index contributed by atoms with van der Waals surface area (Å²) in [7, 11) is 1.77. The summed E-state index contributed by atoms with van der Waals surface area (Å²) >= 11 is 14.2. The van der Waals surface area contributed by atoms with E-state index in [1.54, 1.807) is 36.1 Å². The predicted molar refractivity (Wildman–Crippen MR) is 129 cm³/mol. The van der Waals surface area contributed by atoms with E-state index in [4.69, 9.17) is 23.2 Å². The van der Waals surface area contributed by atoms with E-state index in [2.05, 4.69) is 15.7 Å². The Morgan fingerprint density at radius 3 is 2.34 bits per heavy atom. The van der Waals surface area contributed by atoms with Crippen LogP contribution < -0.4 is 10.6 Å². The van der Waals surface area contributed by atoms with Crippen molar-refractivity contribution in [3.63, 3.8) is 0 Å². The molecule has 2 unspecified atom stereocenters. The van der Waals surface area contributed by atoms with Gasteiger partial charge in [0.05, 0.1) is 28.2 Å². The first kappa shape index (κ1) is 24.1. The van der Waals surface area contributed by atoms with Crippen molar-refractivity contribution in [1.29, 1.82) is 0 Å². The van der Waals surface area contributed by atoms with Crippen molar-refractivity contribution in [2.75, 3.05) is 5.32 Å². The Bertz CT molecular complexity index is 1120. The van der Waals surface area contributed by atoms with Crippen LogP contribution in [-0.4, -0.2) is 32.9 Å². The van der Waals surface area contributed by atoms with E-state index in [1.165, 1.54) is 0 Å². The Morgan fingerprint density at radius 2 is 1.81 bits per heavy atom. The molecule has 2 heterocycles. The van der Waals surface area contributed by atoms with E-state index >= 15 is 0 Å². The lowest BCUT2D eigenvalue weighted by molar-refractivity contribution is -0.118. The van der Waals surface area contributed by atoms with Crippen LogP contribution in [-0.2, 0) is 11.8 Å². The van der Waals surface area contributed by atoms with Crippen LogP contribution in [0.5, 0.6) is 0 Å². The highest BCUT2D eigenvalue weighted by molar-refractivity contribution is 7.21. The number of halogens is 2. The van der Waals surface area contributed by atoms with Crippen LogP contribution in [0.3, 0.4) is 0 Å². The van der Waals surface area contributed by atoms with Gasteiger partial charge in [0.1, 0.15) is 9.34 Å². The molecule has 0 fully saturated rings. The Hall–Kier alpha value is -2.55. The largest absolute Gasteiger partial charge is 0.465 e. The number of carbonyl (C=O) groups is 2. The van der Waals surface area contributed by atoms with E-state index in [1.807, 2.05) is 39.0 Å². The molecule has 0 radical (unpaired) electrons. The monoisotopic (exact) mass is 494 g/mol. The molecule has 0 aliphatic carbocycles. The minimum atomic E-state index is -1.20. The molecule has 0 aliphatic rings. The Balaban J connectivity index is 2.02. The molecule has 3 aromatic rings. The minimum Gasteiger partial charge on any atom is -0.465 e. The molecule has 7 nitrogen and oxygen atoms in total. The summed E-state index contributed by atoms with van der Waals surface area (Å²) < 4.78 is 2.06. The Labute approximate surface area is 200 Å². The number of aryl methyl sites for hydroxylation is 1. The zero-order chi connectivity index (χ0) is 23.6. The third kappa shape index (κ3) is 5.09. The molecule has 10 heteroatoms. The van der Waals surface area contributed by atoms with E-state index in [0.29, 0.717) is 25.5 Å². The van der Waals surface area contributed by atoms with Gasteiger partial charge in [-0.2, -0.15) is 5.10 Å². The van der Waals surface area contributed by atoms with Gasteiger partial charge in [-0.3, -0.25) is 9.48 Å². The fourth-order valence-electron chi connectivity index (χ4n) is 3.58. The number of carboxylic acid groups (broad SMARTS) is 1. The van der Waals surface area contributed by atoms with Crippen molar-refractivity contribution in [2.45, 2.75) is 32.7 Å². The van der Waals surface area contributed by atoms with Crippen molar-refractivity contribution >= 4 is 51.5 Å². The maximum atomic E-state index is 13.6. The topological polar surface area (TPSA) is 96.3 Å². The summed E-state index contributed by atoms with van der Waals surface area (Å²) in [5.74, 6) is -1.19. The summed E-state index contributed by atoms with van der Waals surface area (Å²) in [6.45, 7) is 5.64. The van der Waals surface area contributed by atoms with Gasteiger partial charge >= 0.3 is 6.09 Å². The first-order valence-corrected chi connectivity index (χ1v) is 11.4. The molecule has 0 spiro atoms. The smallest absolute Gasteiger partial charge is 0.404 e. The fraction of sp³-hybridized carbons (Fsp3) is 0.318. The summed E-state index contributed by atoms with van der Waals surface area (Å²) in [6, 6.07) is 10.1. The van der Waals surface area contributed by atoms with Crippen LogP contribution >= 0.6 is 34.5 Å². The van der Waals surface area contributed by atoms with Crippen LogP contribution in [0.25, 0.3) is 11.3 Å². The van der Waals surface area contributed by atoms with Crippen LogP contribution in [0.2, 0.25) is 9.36 Å². The fourth-order valence-corrected chi connectivity index (χ4v) is 5.29. The quantitative estimate of drug-likeness (QED) is 0.399. The number of benzene rings is 1. The zero-order valence-electron chi connectivity index (χ0n) is 18.0. The number of rotatable bonds is 6. The number of hydrogen-bond donors (Lipinski definition) is 3. The lowest BCUT2D eigenvalue weighted by Crippen LogP contribution is -2.50. The van der Waals surface area contributed by atoms with Gasteiger partial charge in [-0.25, -0.2) is 4.79 Å². The van der Waals surface area contributed by atoms with Crippen molar-refractivity contribution in [3.05, 3.63) is 57.5 Å². The van der Waals surface area contributed by atoms with E-state index in [9.17, 15) is 14.7 Å². The van der Waals surface area contributed by atoms with Crippen LogP contribution in [0.4, 0.5) is 9.80 Å². The molecule has 2 atom stereocenters. The van der Waals surface area contributed by atoms with Crippen LogP contribution in [0.15, 0.2) is 42.6 Å². The summed E-state index contributed by atoms with van der Waals surface area (Å²) in [5, 5.41) is 19.7. The molecule has 170 valence electrons. The highest BCUT2D eigenvalue weighted by atomic mass is 35.5. The number of hydrogen-bond acceptors (Lipinski definition) is 4. The second-order valence-corrected chi connectivity index (χ2v) is 10.4. The van der Waals surface area contributed by atoms with Crippen molar-refractivity contribution in [3.8, 4) is 11.3 Å². The predicted octanol–water partition coefficient (Wildman–Crippen LogP) is 5.86. The van der Waals surface area contributed by atoms with Crippen LogP contribution in [0, 0.1) is 5.41 Å². The number of carbonyl (C=O) groups excluding carboxylic acids is 1. The first-order valence-electron chi connectivity index (χ1n) is 9.82. The van der Waals surface area contributed by atoms with Gasteiger partial charge in [0.25, 0.3) is 0 Å². The molecule has 0 bridgehead atoms. The first-order chi connectivity index (χ1) is 15.0. The maximum Gasteiger partial charge on any atom is 0.404 e. The van der Waals surface area contributed by atoms with E-state index < -0.39 is 23.5 Å². The lowest BCUT2D eigenvalue weighted by Gasteiger charge is -2.36. The Kier molecular flexibility index (Phi) is 7.17. The molecule has 3 N–H and O–H groups in total. The second kappa shape index (κ2) is 9.52. The van der Waals surface area contributed by atoms with Crippen molar-refractivity contribution in [1.82, 2.24) is 15.1 Å². The molecule has 2 amide bonds. The summed E-state index contributed by atoms with van der Waals surface area (Å²) in [4.78, 5) is 25.1. The summed E-state index contributed by atoms with van der Waals surface area (Å²) in [6.07, 6.45) is 0.434. The standard InChI is InChI=1S/C22H24Cl2N4O3S/c1-22(2,3)17(26-21(30)31)14(12-8-6-5-7-9-12)19(29)27-20-16(23)15(18(24)32-20)13-10-11-25-28(13)4/h5-11,14,17,26H,1-4H3,(H,27,29)(H,30,31). The van der Waals surface area contributed by atoms with E-state index in [-0.39, 0.29) is 5.91 Å². The third-order valence-electron chi connectivity index (χ3n) is 5.11. The van der Waals surface area contributed by atoms with Gasteiger partial charge in [0, 0.05) is 13.2 Å². The Morgan fingerprint density at radius 1 is 1.16 bits per heavy atom. The molecule has 2 aromatic heterocycles.